The third-order valence-electron chi connectivity index (χ3n) is 2.77. The highest BCUT2D eigenvalue weighted by atomic mass is 16.5. The summed E-state index contributed by atoms with van der Waals surface area (Å²) in [5.74, 6) is -1.41. The second-order valence-electron chi connectivity index (χ2n) is 4.18. The average molecular weight is 280 g/mol. The van der Waals surface area contributed by atoms with Crippen LogP contribution in [0.15, 0.2) is 27.4 Å². The Bertz CT molecular complexity index is 716. The molecule has 0 aliphatic carbocycles. The number of carbonyl (C=O) groups excluding carboxylic acids is 1. The number of phenolic OH excluding ortho intramolecular Hbond substituents is 2. The van der Waals surface area contributed by atoms with E-state index >= 15 is 0 Å². The number of rotatable bonds is 3. The minimum atomic E-state index is -1.50. The van der Waals surface area contributed by atoms with Gasteiger partial charge in [0.05, 0.1) is 12.5 Å². The molecule has 0 bridgehead atoms. The maximum absolute atomic E-state index is 11.7. The van der Waals surface area contributed by atoms with Crippen LogP contribution in [0.4, 0.5) is 0 Å². The molecule has 0 saturated heterocycles. The van der Waals surface area contributed by atoms with Crippen molar-refractivity contribution < 1.29 is 29.3 Å². The van der Waals surface area contributed by atoms with Crippen LogP contribution in [0, 0.1) is 0 Å². The van der Waals surface area contributed by atoms with E-state index in [2.05, 4.69) is 4.74 Å². The zero-order valence-electron chi connectivity index (χ0n) is 10.5. The fraction of sp³-hybridized carbons (Fsp3) is 0.231. The molecular weight excluding hydrogens is 268 g/mol. The van der Waals surface area contributed by atoms with E-state index in [1.807, 2.05) is 0 Å². The quantitative estimate of drug-likeness (QED) is 0.546. The Morgan fingerprint density at radius 3 is 2.70 bits per heavy atom. The fourth-order valence-electron chi connectivity index (χ4n) is 1.80. The van der Waals surface area contributed by atoms with Crippen LogP contribution in [0.25, 0.3) is 11.0 Å². The summed E-state index contributed by atoms with van der Waals surface area (Å²) in [6.07, 6.45) is -1.80. The van der Waals surface area contributed by atoms with E-state index in [0.29, 0.717) is 0 Å². The number of fused-ring (bicyclic) bond motifs is 1. The van der Waals surface area contributed by atoms with Crippen LogP contribution in [-0.2, 0) is 16.0 Å². The van der Waals surface area contributed by atoms with Crippen molar-refractivity contribution in [1.29, 1.82) is 0 Å². The number of hydrogen-bond acceptors (Lipinski definition) is 7. The van der Waals surface area contributed by atoms with Crippen molar-refractivity contribution in [1.82, 2.24) is 0 Å². The predicted molar refractivity (Wildman–Crippen MR) is 67.5 cm³/mol. The van der Waals surface area contributed by atoms with E-state index in [1.54, 1.807) is 0 Å². The van der Waals surface area contributed by atoms with E-state index in [9.17, 15) is 24.9 Å². The molecule has 0 radical (unpaired) electrons. The van der Waals surface area contributed by atoms with Crippen LogP contribution in [0.3, 0.4) is 0 Å². The molecule has 1 atom stereocenters. The standard InChI is InChI=1S/C13H12O7/c1-19-13(18)10(16)3-6-2-8-9(15)4-7(14)5-11(8)20-12(6)17/h2,4-5,10,14-16H,3H2,1H3. The van der Waals surface area contributed by atoms with Crippen molar-refractivity contribution in [3.05, 3.63) is 34.2 Å². The van der Waals surface area contributed by atoms with Gasteiger partial charge in [-0.15, -0.1) is 0 Å². The molecule has 2 rings (SSSR count). The molecule has 0 amide bonds. The summed E-state index contributed by atoms with van der Waals surface area (Å²) >= 11 is 0. The van der Waals surface area contributed by atoms with Crippen LogP contribution in [0.2, 0.25) is 0 Å². The predicted octanol–water partition coefficient (Wildman–Crippen LogP) is 0.281. The maximum atomic E-state index is 11.7. The molecule has 0 saturated carbocycles. The third kappa shape index (κ3) is 2.57. The minimum Gasteiger partial charge on any atom is -0.508 e. The van der Waals surface area contributed by atoms with Crippen molar-refractivity contribution in [3.8, 4) is 11.5 Å². The lowest BCUT2D eigenvalue weighted by Gasteiger charge is -2.08. The van der Waals surface area contributed by atoms with Gasteiger partial charge in [-0.25, -0.2) is 9.59 Å². The first-order chi connectivity index (χ1) is 9.42. The number of esters is 1. The molecular formula is C13H12O7. The highest BCUT2D eigenvalue weighted by Crippen LogP contribution is 2.29. The van der Waals surface area contributed by atoms with Crippen molar-refractivity contribution in [2.45, 2.75) is 12.5 Å². The molecule has 0 aliphatic heterocycles. The first-order valence-electron chi connectivity index (χ1n) is 5.67. The molecule has 1 heterocycles. The largest absolute Gasteiger partial charge is 0.508 e. The lowest BCUT2D eigenvalue weighted by atomic mass is 10.1. The van der Waals surface area contributed by atoms with E-state index < -0.39 is 17.7 Å². The summed E-state index contributed by atoms with van der Waals surface area (Å²) in [4.78, 5) is 22.8. The second-order valence-corrected chi connectivity index (χ2v) is 4.18. The molecule has 0 aliphatic rings. The Balaban J connectivity index is 2.48. The van der Waals surface area contributed by atoms with Crippen LogP contribution in [0.5, 0.6) is 11.5 Å². The van der Waals surface area contributed by atoms with Gasteiger partial charge in [0, 0.05) is 24.1 Å². The van der Waals surface area contributed by atoms with Crippen molar-refractivity contribution >= 4 is 16.9 Å². The number of aromatic hydroxyl groups is 2. The average Bonchev–Trinajstić information content (AvgIpc) is 2.39. The lowest BCUT2D eigenvalue weighted by Crippen LogP contribution is -2.26. The zero-order valence-corrected chi connectivity index (χ0v) is 10.5. The molecule has 1 unspecified atom stereocenters. The topological polar surface area (TPSA) is 117 Å². The van der Waals surface area contributed by atoms with Crippen molar-refractivity contribution in [2.24, 2.45) is 0 Å². The molecule has 1 aromatic carbocycles. The van der Waals surface area contributed by atoms with Gasteiger partial charge in [0.25, 0.3) is 0 Å². The van der Waals surface area contributed by atoms with Crippen molar-refractivity contribution in [2.75, 3.05) is 7.11 Å². The Kier molecular flexibility index (Phi) is 3.62. The van der Waals surface area contributed by atoms with Gasteiger partial charge in [-0.2, -0.15) is 0 Å². The maximum Gasteiger partial charge on any atom is 0.339 e. The molecule has 2 aromatic rings. The number of carbonyl (C=O) groups is 1. The molecule has 1 aromatic heterocycles. The number of aliphatic hydroxyl groups is 1. The molecule has 0 spiro atoms. The number of aliphatic hydroxyl groups excluding tert-OH is 1. The van der Waals surface area contributed by atoms with Crippen LogP contribution in [0.1, 0.15) is 5.56 Å². The Morgan fingerprint density at radius 2 is 2.05 bits per heavy atom. The molecule has 7 heteroatoms. The minimum absolute atomic E-state index is 0.00353. The number of ether oxygens (including phenoxy) is 1. The third-order valence-corrected chi connectivity index (χ3v) is 2.77. The first kappa shape index (κ1) is 13.9. The molecule has 20 heavy (non-hydrogen) atoms. The van der Waals surface area contributed by atoms with E-state index in [1.165, 1.54) is 12.1 Å². The number of phenols is 2. The highest BCUT2D eigenvalue weighted by molar-refractivity contribution is 5.85. The second kappa shape index (κ2) is 5.22. The van der Waals surface area contributed by atoms with Gasteiger partial charge < -0.3 is 24.5 Å². The smallest absolute Gasteiger partial charge is 0.339 e. The summed E-state index contributed by atoms with van der Waals surface area (Å²) in [6, 6.07) is 3.56. The summed E-state index contributed by atoms with van der Waals surface area (Å²) in [5.41, 5.74) is -0.759. The van der Waals surface area contributed by atoms with Crippen molar-refractivity contribution in [3.63, 3.8) is 0 Å². The van der Waals surface area contributed by atoms with E-state index in [4.69, 9.17) is 4.42 Å². The SMILES string of the molecule is COC(=O)C(O)Cc1cc2c(O)cc(O)cc2oc1=O. The van der Waals surface area contributed by atoms with Crippen LogP contribution in [-0.4, -0.2) is 34.5 Å². The normalized spacial score (nSPS) is 12.3. The summed E-state index contributed by atoms with van der Waals surface area (Å²) < 4.78 is 9.28. The van der Waals surface area contributed by atoms with Gasteiger partial charge in [0.2, 0.25) is 0 Å². The van der Waals surface area contributed by atoms with Gasteiger partial charge in [-0.3, -0.25) is 0 Å². The zero-order chi connectivity index (χ0) is 14.9. The first-order valence-corrected chi connectivity index (χ1v) is 5.67. The molecule has 3 N–H and O–H groups in total. The number of hydrogen-bond donors (Lipinski definition) is 3. The summed E-state index contributed by atoms with van der Waals surface area (Å²) in [6.45, 7) is 0. The Morgan fingerprint density at radius 1 is 1.35 bits per heavy atom. The van der Waals surface area contributed by atoms with Gasteiger partial charge in [0.1, 0.15) is 17.1 Å². The Hall–Kier alpha value is -2.54. The lowest BCUT2D eigenvalue weighted by molar-refractivity contribution is -0.150. The van der Waals surface area contributed by atoms with Gasteiger partial charge in [-0.1, -0.05) is 0 Å². The van der Waals surface area contributed by atoms with Gasteiger partial charge in [0.15, 0.2) is 6.10 Å². The molecule has 0 fully saturated rings. The van der Waals surface area contributed by atoms with Crippen LogP contribution >= 0.6 is 0 Å². The number of benzene rings is 1. The van der Waals surface area contributed by atoms with E-state index in [-0.39, 0.29) is 34.5 Å². The highest BCUT2D eigenvalue weighted by Gasteiger charge is 2.19. The van der Waals surface area contributed by atoms with Crippen LogP contribution < -0.4 is 5.63 Å². The number of methoxy groups -OCH3 is 1. The molecule has 7 nitrogen and oxygen atoms in total. The molecule has 106 valence electrons. The van der Waals surface area contributed by atoms with Gasteiger partial charge in [-0.05, 0) is 6.07 Å². The monoisotopic (exact) mass is 280 g/mol. The Labute approximate surface area is 112 Å². The summed E-state index contributed by atoms with van der Waals surface area (Å²) in [5, 5.41) is 28.7. The van der Waals surface area contributed by atoms with Gasteiger partial charge >= 0.3 is 11.6 Å². The van der Waals surface area contributed by atoms with E-state index in [0.717, 1.165) is 13.2 Å². The summed E-state index contributed by atoms with van der Waals surface area (Å²) in [7, 11) is 1.11. The fourth-order valence-corrected chi connectivity index (χ4v) is 1.80.